The van der Waals surface area contributed by atoms with Crippen LogP contribution in [0.1, 0.15) is 5.56 Å². The third-order valence-electron chi connectivity index (χ3n) is 4.71. The van der Waals surface area contributed by atoms with Crippen LogP contribution in [0.25, 0.3) is 0 Å². The van der Waals surface area contributed by atoms with Crippen LogP contribution >= 0.6 is 0 Å². The summed E-state index contributed by atoms with van der Waals surface area (Å²) in [6.45, 7) is -1.73. The molecule has 0 aliphatic heterocycles. The zero-order chi connectivity index (χ0) is 29.7. The Kier molecular flexibility index (Phi) is 9.17. The maximum atomic E-state index is 13.3. The van der Waals surface area contributed by atoms with Crippen molar-refractivity contribution in [3.8, 4) is 23.1 Å². The van der Waals surface area contributed by atoms with Gasteiger partial charge in [0.2, 0.25) is 11.8 Å². The van der Waals surface area contributed by atoms with Crippen LogP contribution in [0.15, 0.2) is 60.8 Å². The highest BCUT2D eigenvalue weighted by Gasteiger charge is 2.44. The van der Waals surface area contributed by atoms with E-state index >= 15 is 0 Å². The molecule has 3 aromatic rings. The minimum Gasteiger partial charge on any atom is -0.439 e. The largest absolute Gasteiger partial charge is 0.573 e. The molecule has 1 heterocycles. The van der Waals surface area contributed by atoms with Crippen LogP contribution in [0.3, 0.4) is 0 Å². The molecule has 0 amide bonds. The van der Waals surface area contributed by atoms with Gasteiger partial charge in [-0.25, -0.2) is 4.98 Å². The smallest absolute Gasteiger partial charge is 0.439 e. The highest BCUT2D eigenvalue weighted by atomic mass is 19.4. The van der Waals surface area contributed by atoms with Gasteiger partial charge in [-0.2, -0.15) is 35.7 Å². The van der Waals surface area contributed by atoms with Gasteiger partial charge in [0.15, 0.2) is 6.10 Å². The Morgan fingerprint density at radius 2 is 1.45 bits per heavy atom. The Hall–Kier alpha value is -4.02. The van der Waals surface area contributed by atoms with E-state index < -0.39 is 61.7 Å². The molecule has 0 spiro atoms. The first-order valence-electron chi connectivity index (χ1n) is 10.8. The van der Waals surface area contributed by atoms with Gasteiger partial charge in [-0.15, -0.1) is 13.2 Å². The fourth-order valence-corrected chi connectivity index (χ4v) is 3.06. The average molecular weight is 589 g/mol. The van der Waals surface area contributed by atoms with E-state index in [2.05, 4.69) is 19.4 Å². The highest BCUT2D eigenvalue weighted by Crippen LogP contribution is 2.31. The number of halogens is 10. The number of rotatable bonds is 11. The summed E-state index contributed by atoms with van der Waals surface area (Å²) in [6.07, 6.45) is -21.0. The molecule has 1 N–H and O–H groups in total. The Morgan fingerprint density at radius 1 is 0.825 bits per heavy atom. The van der Waals surface area contributed by atoms with Crippen molar-refractivity contribution in [1.82, 2.24) is 9.97 Å². The monoisotopic (exact) mass is 589 g/mol. The molecule has 0 saturated carbocycles. The summed E-state index contributed by atoms with van der Waals surface area (Å²) in [4.78, 5) is 8.50. The second kappa shape index (κ2) is 12.0. The Bertz CT molecular complexity index is 1270. The lowest BCUT2D eigenvalue weighted by molar-refractivity contribution is -0.274. The molecular formula is C23H17F10N3O4. The highest BCUT2D eigenvalue weighted by molar-refractivity contribution is 5.39. The second-order valence-corrected chi connectivity index (χ2v) is 7.87. The SMILES string of the molecule is OC(CN(Cc1cccc(OC(F)(F)C(F)F)c1)c1nccc(Oc2cccc(OC(F)(F)F)c2)n1)C(F)(F)F. The number of alkyl halides is 10. The fourth-order valence-electron chi connectivity index (χ4n) is 3.06. The lowest BCUT2D eigenvalue weighted by Gasteiger charge is -2.27. The number of hydrogen-bond acceptors (Lipinski definition) is 7. The Labute approximate surface area is 218 Å². The van der Waals surface area contributed by atoms with Crippen LogP contribution in [0.4, 0.5) is 49.9 Å². The van der Waals surface area contributed by atoms with Gasteiger partial charge in [0, 0.05) is 24.9 Å². The predicted octanol–water partition coefficient (Wildman–Crippen LogP) is 6.33. The van der Waals surface area contributed by atoms with Crippen LogP contribution in [0.5, 0.6) is 23.1 Å². The first kappa shape index (κ1) is 30.5. The van der Waals surface area contributed by atoms with Crippen LogP contribution in [-0.2, 0) is 6.54 Å². The maximum absolute atomic E-state index is 13.3. The van der Waals surface area contributed by atoms with E-state index in [1.165, 1.54) is 12.1 Å². The van der Waals surface area contributed by atoms with E-state index in [1.54, 1.807) is 0 Å². The Balaban J connectivity index is 1.88. The minimum absolute atomic E-state index is 0.0242. The fraction of sp³-hybridized carbons (Fsp3) is 0.304. The number of ether oxygens (including phenoxy) is 3. The minimum atomic E-state index is -5.09. The molecule has 1 aromatic heterocycles. The van der Waals surface area contributed by atoms with Gasteiger partial charge in [0.25, 0.3) is 0 Å². The average Bonchev–Trinajstić information content (AvgIpc) is 2.82. The molecular weight excluding hydrogens is 572 g/mol. The van der Waals surface area contributed by atoms with Gasteiger partial charge in [-0.3, -0.25) is 0 Å². The van der Waals surface area contributed by atoms with Crippen molar-refractivity contribution in [2.24, 2.45) is 0 Å². The molecule has 0 aliphatic carbocycles. The van der Waals surface area contributed by atoms with E-state index in [1.807, 2.05) is 0 Å². The first-order valence-corrected chi connectivity index (χ1v) is 10.8. The lowest BCUT2D eigenvalue weighted by Crippen LogP contribution is -2.41. The zero-order valence-corrected chi connectivity index (χ0v) is 19.6. The second-order valence-electron chi connectivity index (χ2n) is 7.87. The number of aliphatic hydroxyl groups excluding tert-OH is 1. The molecule has 7 nitrogen and oxygen atoms in total. The van der Waals surface area contributed by atoms with Gasteiger partial charge >= 0.3 is 25.1 Å². The third kappa shape index (κ3) is 9.03. The summed E-state index contributed by atoms with van der Waals surface area (Å²) in [6, 6.07) is 9.50. The molecule has 0 bridgehead atoms. The molecule has 40 heavy (non-hydrogen) atoms. The zero-order valence-electron chi connectivity index (χ0n) is 19.6. The van der Waals surface area contributed by atoms with E-state index in [4.69, 9.17) is 4.74 Å². The number of anilines is 1. The Morgan fingerprint density at radius 3 is 2.08 bits per heavy atom. The third-order valence-corrected chi connectivity index (χ3v) is 4.71. The topological polar surface area (TPSA) is 76.9 Å². The van der Waals surface area contributed by atoms with Gasteiger partial charge in [-0.05, 0) is 29.8 Å². The van der Waals surface area contributed by atoms with Crippen molar-refractivity contribution >= 4 is 5.95 Å². The molecule has 0 radical (unpaired) electrons. The quantitative estimate of drug-likeness (QED) is 0.262. The van der Waals surface area contributed by atoms with Crippen molar-refractivity contribution in [2.45, 2.75) is 37.7 Å². The van der Waals surface area contributed by atoms with Gasteiger partial charge in [-0.1, -0.05) is 18.2 Å². The van der Waals surface area contributed by atoms with Crippen LogP contribution in [0, 0.1) is 0 Å². The van der Waals surface area contributed by atoms with Crippen molar-refractivity contribution in [2.75, 3.05) is 11.4 Å². The summed E-state index contributed by atoms with van der Waals surface area (Å²) in [7, 11) is 0. The number of hydrogen-bond donors (Lipinski definition) is 1. The standard InChI is InChI=1S/C23H17F10N3O4/c24-19(25)22(29,30)39-15-5-1-3-13(9-15)11-36(12-17(37)21(26,27)28)20-34-8-7-18(35-20)38-14-4-2-6-16(10-14)40-23(31,32)33/h1-10,17,19,37H,11-12H2. The van der Waals surface area contributed by atoms with Gasteiger partial charge < -0.3 is 24.2 Å². The van der Waals surface area contributed by atoms with E-state index in [9.17, 15) is 49.0 Å². The molecule has 1 unspecified atom stereocenters. The van der Waals surface area contributed by atoms with E-state index in [0.717, 1.165) is 53.6 Å². The van der Waals surface area contributed by atoms with Crippen LogP contribution in [0.2, 0.25) is 0 Å². The molecule has 1 atom stereocenters. The first-order chi connectivity index (χ1) is 18.5. The molecule has 0 saturated heterocycles. The lowest BCUT2D eigenvalue weighted by atomic mass is 10.2. The number of aliphatic hydroxyl groups is 1. The van der Waals surface area contributed by atoms with Gasteiger partial charge in [0.1, 0.15) is 17.2 Å². The van der Waals surface area contributed by atoms with E-state index in [0.29, 0.717) is 0 Å². The molecule has 3 rings (SSSR count). The number of benzene rings is 2. The molecule has 0 fully saturated rings. The van der Waals surface area contributed by atoms with Crippen LogP contribution < -0.4 is 19.1 Å². The van der Waals surface area contributed by atoms with Gasteiger partial charge in [0.05, 0.1) is 6.54 Å². The van der Waals surface area contributed by atoms with Crippen molar-refractivity contribution in [1.29, 1.82) is 0 Å². The van der Waals surface area contributed by atoms with Crippen molar-refractivity contribution in [3.05, 3.63) is 66.4 Å². The summed E-state index contributed by atoms with van der Waals surface area (Å²) in [5.74, 6) is -2.37. The molecule has 2 aromatic carbocycles. The summed E-state index contributed by atoms with van der Waals surface area (Å²) >= 11 is 0. The molecule has 17 heteroatoms. The normalized spacial score (nSPS) is 13.2. The number of nitrogens with zero attached hydrogens (tertiary/aromatic N) is 3. The number of aromatic nitrogens is 2. The summed E-state index contributed by atoms with van der Waals surface area (Å²) < 4.78 is 141. The van der Waals surface area contributed by atoms with Crippen LogP contribution in [-0.4, -0.2) is 52.8 Å². The summed E-state index contributed by atoms with van der Waals surface area (Å²) in [5.41, 5.74) is -0.0242. The summed E-state index contributed by atoms with van der Waals surface area (Å²) in [5, 5.41) is 9.63. The van der Waals surface area contributed by atoms with E-state index in [-0.39, 0.29) is 17.2 Å². The molecule has 218 valence electrons. The molecule has 0 aliphatic rings. The predicted molar refractivity (Wildman–Crippen MR) is 116 cm³/mol. The van der Waals surface area contributed by atoms with Crippen molar-refractivity contribution < 1.29 is 63.2 Å². The maximum Gasteiger partial charge on any atom is 0.573 e. The van der Waals surface area contributed by atoms with Crippen molar-refractivity contribution in [3.63, 3.8) is 0 Å².